The number of anilines is 1. The quantitative estimate of drug-likeness (QED) is 0.653. The second kappa shape index (κ2) is 9.78. The maximum absolute atomic E-state index is 12.8. The molecule has 3 saturated carbocycles. The van der Waals surface area contributed by atoms with Crippen LogP contribution in [0.25, 0.3) is 0 Å². The van der Waals surface area contributed by atoms with Gasteiger partial charge in [0.15, 0.2) is 5.13 Å². The van der Waals surface area contributed by atoms with Crippen LogP contribution in [0.4, 0.5) is 5.13 Å². The zero-order valence-electron chi connectivity index (χ0n) is 19.2. The first-order valence-electron chi connectivity index (χ1n) is 12.8. The largest absolute Gasteiger partial charge is 0.361 e. The lowest BCUT2D eigenvalue weighted by atomic mass is 9.83. The molecule has 3 aliphatic carbocycles. The van der Waals surface area contributed by atoms with Crippen LogP contribution >= 0.6 is 11.3 Å². The normalized spacial score (nSPS) is 33.7. The molecule has 1 aromatic rings. The number of hydrogen-bond donors (Lipinski definition) is 1. The van der Waals surface area contributed by atoms with E-state index in [1.165, 1.54) is 57.1 Å². The van der Waals surface area contributed by atoms with Gasteiger partial charge in [-0.15, -0.1) is 11.3 Å². The highest BCUT2D eigenvalue weighted by Gasteiger charge is 2.40. The molecule has 1 aliphatic heterocycles. The Morgan fingerprint density at radius 1 is 1.10 bits per heavy atom. The minimum atomic E-state index is 0.412. The minimum absolute atomic E-state index is 0.412. The van der Waals surface area contributed by atoms with Crippen LogP contribution in [-0.4, -0.2) is 53.4 Å². The molecule has 1 saturated heterocycles. The number of nitrogens with one attached hydrogen (secondary N) is 1. The van der Waals surface area contributed by atoms with E-state index in [4.69, 9.17) is 4.98 Å². The van der Waals surface area contributed by atoms with Crippen LogP contribution < -0.4 is 5.32 Å². The molecule has 1 amide bonds. The minimum Gasteiger partial charge on any atom is -0.361 e. The van der Waals surface area contributed by atoms with E-state index in [1.54, 1.807) is 11.3 Å². The Morgan fingerprint density at radius 2 is 1.90 bits per heavy atom. The van der Waals surface area contributed by atoms with Gasteiger partial charge >= 0.3 is 0 Å². The molecule has 4 fully saturated rings. The van der Waals surface area contributed by atoms with Crippen molar-refractivity contribution in [2.45, 2.75) is 71.3 Å². The predicted molar refractivity (Wildman–Crippen MR) is 127 cm³/mol. The number of carbonyl (C=O) groups excluding carboxylic acids is 1. The lowest BCUT2D eigenvalue weighted by molar-refractivity contribution is -0.134. The van der Waals surface area contributed by atoms with E-state index in [0.29, 0.717) is 11.8 Å². The Kier molecular flexibility index (Phi) is 6.84. The van der Waals surface area contributed by atoms with Crippen LogP contribution in [0.15, 0.2) is 5.38 Å². The Hall–Kier alpha value is -1.14. The summed E-state index contributed by atoms with van der Waals surface area (Å²) in [6.45, 7) is 8.08. The van der Waals surface area contributed by atoms with Gasteiger partial charge in [-0.3, -0.25) is 9.69 Å². The number of thiazole rings is 1. The summed E-state index contributed by atoms with van der Waals surface area (Å²) in [5.41, 5.74) is 1.17. The Labute approximate surface area is 192 Å². The van der Waals surface area contributed by atoms with Gasteiger partial charge in [0, 0.05) is 51.1 Å². The van der Waals surface area contributed by atoms with Crippen molar-refractivity contribution >= 4 is 22.4 Å². The maximum atomic E-state index is 12.8. The summed E-state index contributed by atoms with van der Waals surface area (Å²) < 4.78 is 0. The van der Waals surface area contributed by atoms with Crippen molar-refractivity contribution in [3.8, 4) is 0 Å². The van der Waals surface area contributed by atoms with Crippen molar-refractivity contribution in [3.05, 3.63) is 11.1 Å². The third kappa shape index (κ3) is 5.44. The topological polar surface area (TPSA) is 48.5 Å². The molecule has 3 unspecified atom stereocenters. The van der Waals surface area contributed by atoms with E-state index in [-0.39, 0.29) is 0 Å². The summed E-state index contributed by atoms with van der Waals surface area (Å²) in [5.74, 6) is 4.61. The van der Waals surface area contributed by atoms with Crippen molar-refractivity contribution in [1.29, 1.82) is 0 Å². The fourth-order valence-corrected chi connectivity index (χ4v) is 7.30. The van der Waals surface area contributed by atoms with Gasteiger partial charge in [0.1, 0.15) is 0 Å². The summed E-state index contributed by atoms with van der Waals surface area (Å²) >= 11 is 1.74. The number of hydrogen-bond acceptors (Lipinski definition) is 5. The van der Waals surface area contributed by atoms with Gasteiger partial charge in [-0.25, -0.2) is 4.98 Å². The molecule has 6 heteroatoms. The maximum Gasteiger partial charge on any atom is 0.222 e. The molecule has 0 radical (unpaired) electrons. The van der Waals surface area contributed by atoms with Gasteiger partial charge in [-0.05, 0) is 61.7 Å². The van der Waals surface area contributed by atoms with E-state index in [2.05, 4.69) is 27.4 Å². The van der Waals surface area contributed by atoms with E-state index in [9.17, 15) is 4.79 Å². The zero-order valence-corrected chi connectivity index (χ0v) is 20.0. The lowest BCUT2D eigenvalue weighted by Crippen LogP contribution is -2.48. The van der Waals surface area contributed by atoms with Crippen molar-refractivity contribution in [1.82, 2.24) is 14.8 Å². The van der Waals surface area contributed by atoms with E-state index in [0.717, 1.165) is 74.5 Å². The van der Waals surface area contributed by atoms with Crippen molar-refractivity contribution in [2.24, 2.45) is 29.6 Å². The molecular formula is C25H40N4OS. The smallest absolute Gasteiger partial charge is 0.222 e. The van der Waals surface area contributed by atoms with Crippen molar-refractivity contribution in [3.63, 3.8) is 0 Å². The first kappa shape index (κ1) is 21.7. The van der Waals surface area contributed by atoms with Gasteiger partial charge in [-0.2, -0.15) is 0 Å². The number of aromatic nitrogens is 1. The summed E-state index contributed by atoms with van der Waals surface area (Å²) in [4.78, 5) is 22.2. The molecule has 5 rings (SSSR count). The second-order valence-electron chi connectivity index (χ2n) is 10.9. The Bertz CT molecular complexity index is 736. The molecule has 0 aromatic carbocycles. The predicted octanol–water partition coefficient (Wildman–Crippen LogP) is 4.85. The van der Waals surface area contributed by atoms with E-state index >= 15 is 0 Å². The van der Waals surface area contributed by atoms with Gasteiger partial charge in [0.2, 0.25) is 5.91 Å². The summed E-state index contributed by atoms with van der Waals surface area (Å²) in [6.07, 6.45) is 11.8. The molecule has 4 aliphatic rings. The summed E-state index contributed by atoms with van der Waals surface area (Å²) in [7, 11) is 0. The fourth-order valence-electron chi connectivity index (χ4n) is 6.59. The highest BCUT2D eigenvalue weighted by Crippen LogP contribution is 2.49. The van der Waals surface area contributed by atoms with E-state index in [1.807, 2.05) is 0 Å². The number of nitrogens with zero attached hydrogens (tertiary/aromatic N) is 3. The van der Waals surface area contributed by atoms with Gasteiger partial charge in [0.05, 0.1) is 5.69 Å². The summed E-state index contributed by atoms with van der Waals surface area (Å²) in [5, 5.41) is 6.87. The Balaban J connectivity index is 1.02. The third-order valence-electron chi connectivity index (χ3n) is 8.66. The highest BCUT2D eigenvalue weighted by molar-refractivity contribution is 7.13. The molecule has 2 bridgehead atoms. The number of rotatable bonds is 7. The lowest BCUT2D eigenvalue weighted by Gasteiger charge is -2.35. The third-order valence-corrected chi connectivity index (χ3v) is 9.51. The molecule has 0 spiro atoms. The zero-order chi connectivity index (χ0) is 21.2. The van der Waals surface area contributed by atoms with Gasteiger partial charge in [-0.1, -0.05) is 26.2 Å². The monoisotopic (exact) mass is 444 g/mol. The molecule has 31 heavy (non-hydrogen) atoms. The van der Waals surface area contributed by atoms with Gasteiger partial charge in [0.25, 0.3) is 0 Å². The molecule has 3 atom stereocenters. The first-order chi connectivity index (χ1) is 15.1. The average molecular weight is 445 g/mol. The standard InChI is InChI=1S/C25H40N4OS/c1-18-2-4-19(5-3-18)15-26-25-27-23(17-31-25)16-28-8-10-29(11-9-28)24(30)14-22-13-20-6-7-21(22)12-20/h17-22H,2-16H2,1H3,(H,26,27). The van der Waals surface area contributed by atoms with Crippen LogP contribution in [-0.2, 0) is 11.3 Å². The van der Waals surface area contributed by atoms with E-state index < -0.39 is 0 Å². The van der Waals surface area contributed by atoms with Crippen LogP contribution in [0, 0.1) is 29.6 Å². The van der Waals surface area contributed by atoms with Gasteiger partial charge < -0.3 is 10.2 Å². The SMILES string of the molecule is CC1CCC(CNc2nc(CN3CCN(C(=O)CC4CC5CCC4C5)CC3)cs2)CC1. The summed E-state index contributed by atoms with van der Waals surface area (Å²) in [6, 6.07) is 0. The first-order valence-corrected chi connectivity index (χ1v) is 13.7. The molecular weight excluding hydrogens is 404 g/mol. The molecule has 172 valence electrons. The molecule has 5 nitrogen and oxygen atoms in total. The van der Waals surface area contributed by atoms with Crippen LogP contribution in [0.5, 0.6) is 0 Å². The average Bonchev–Trinajstić information content (AvgIpc) is 3.51. The number of fused-ring (bicyclic) bond motifs is 2. The van der Waals surface area contributed by atoms with Crippen LogP contribution in [0.3, 0.4) is 0 Å². The molecule has 1 N–H and O–H groups in total. The number of piperazine rings is 1. The second-order valence-corrected chi connectivity index (χ2v) is 11.8. The van der Waals surface area contributed by atoms with Crippen LogP contribution in [0.2, 0.25) is 0 Å². The number of carbonyl (C=O) groups is 1. The van der Waals surface area contributed by atoms with Crippen LogP contribution in [0.1, 0.15) is 70.4 Å². The Morgan fingerprint density at radius 3 is 2.61 bits per heavy atom. The van der Waals surface area contributed by atoms with Crippen molar-refractivity contribution in [2.75, 3.05) is 38.0 Å². The van der Waals surface area contributed by atoms with Crippen molar-refractivity contribution < 1.29 is 4.79 Å². The molecule has 1 aromatic heterocycles. The highest BCUT2D eigenvalue weighted by atomic mass is 32.1. The molecule has 2 heterocycles. The number of amides is 1. The fraction of sp³-hybridized carbons (Fsp3) is 0.840.